The molecule has 0 atom stereocenters. The van der Waals surface area contributed by atoms with Crippen molar-refractivity contribution in [1.29, 1.82) is 0 Å². The molecule has 0 bridgehead atoms. The minimum atomic E-state index is -1.72. The van der Waals surface area contributed by atoms with Gasteiger partial charge in [0.15, 0.2) is 0 Å². The van der Waals surface area contributed by atoms with Crippen molar-refractivity contribution in [2.75, 3.05) is 0 Å². The van der Waals surface area contributed by atoms with E-state index in [1.807, 2.05) is 0 Å². The van der Waals surface area contributed by atoms with E-state index in [1.54, 1.807) is 0 Å². The molecule has 0 aromatic rings. The van der Waals surface area contributed by atoms with Crippen LogP contribution in [0.4, 0.5) is 0 Å². The fourth-order valence-corrected chi connectivity index (χ4v) is 0. The minimum absolute atomic E-state index is 0. The van der Waals surface area contributed by atoms with Crippen LogP contribution in [0.3, 0.4) is 0 Å². The van der Waals surface area contributed by atoms with Gasteiger partial charge in [-0.2, -0.15) is 0 Å². The van der Waals surface area contributed by atoms with Gasteiger partial charge in [-0.25, -0.2) is 30.1 Å². The molecule has 0 rings (SSSR count). The van der Waals surface area contributed by atoms with Gasteiger partial charge in [-0.15, -0.1) is 0 Å². The third-order valence-corrected chi connectivity index (χ3v) is 0. The summed E-state index contributed by atoms with van der Waals surface area (Å²) in [4.78, 5) is 0. The maximum Gasteiger partial charge on any atom is 0.643 e. The summed E-state index contributed by atoms with van der Waals surface area (Å²) in [6, 6.07) is 0. The van der Waals surface area contributed by atoms with Gasteiger partial charge in [0.2, 0.25) is 0 Å². The van der Waals surface area contributed by atoms with Crippen molar-refractivity contribution in [2.45, 2.75) is 0 Å². The van der Waals surface area contributed by atoms with Gasteiger partial charge in [0.05, 0.1) is 0 Å². The Morgan fingerprint density at radius 3 is 0.545 bits per heavy atom. The van der Waals surface area contributed by atoms with E-state index in [2.05, 4.69) is 0 Å². The van der Waals surface area contributed by atoms with E-state index in [0.29, 0.717) is 0 Å². The predicted molar refractivity (Wildman–Crippen MR) is 45.0 cm³/mol. The summed E-state index contributed by atoms with van der Waals surface area (Å²) in [7, 11) is 14.8. The molecule has 83 valence electrons. The van der Waals surface area contributed by atoms with Crippen LogP contribution in [0.1, 0.15) is 0 Å². The van der Waals surface area contributed by atoms with Crippen LogP contribution in [0.15, 0.2) is 0 Å². The van der Waals surface area contributed by atoms with Gasteiger partial charge < -0.3 is 32.9 Å². The van der Waals surface area contributed by atoms with Gasteiger partial charge in [0, 0.05) is 17.1 Å². The summed E-state index contributed by atoms with van der Waals surface area (Å²) >= 11 is -1.72. The van der Waals surface area contributed by atoms with Crippen LogP contribution in [0.25, 0.3) is 0 Å². The van der Waals surface area contributed by atoms with Gasteiger partial charge >= 0.3 is 11.4 Å². The molecule has 12 N–H and O–H groups in total. The zero-order valence-electron chi connectivity index (χ0n) is 5.01. The fourth-order valence-electron chi connectivity index (χ4n) is 0. The normalized spacial score (nSPS) is 2.45. The summed E-state index contributed by atoms with van der Waals surface area (Å²) in [6.07, 6.45) is 0. The number of rotatable bonds is 0. The Kier molecular flexibility index (Phi) is 436. The van der Waals surface area contributed by atoms with E-state index in [1.165, 1.54) is 0 Å². The second kappa shape index (κ2) is 60.8. The number of hydrogen-bond donors (Lipinski definition) is 0. The van der Waals surface area contributed by atoms with Crippen molar-refractivity contribution in [3.63, 3.8) is 0 Å². The van der Waals surface area contributed by atoms with Crippen LogP contribution in [0, 0.1) is 0 Å². The largest absolute Gasteiger partial charge is 0.643 e. The van der Waals surface area contributed by atoms with Crippen molar-refractivity contribution in [3.05, 3.63) is 0 Å². The topological polar surface area (TPSA) is 189 Å². The molecule has 0 aromatic carbocycles. The second-order valence-electron chi connectivity index (χ2n) is 0.247. The quantitative estimate of drug-likeness (QED) is 0.406. The zero-order valence-corrected chi connectivity index (χ0v) is 9.38. The van der Waals surface area contributed by atoms with Gasteiger partial charge in [-0.05, 0) is 0 Å². The fraction of sp³-hybridized carbons (Fsp3) is 0. The molecule has 0 aliphatic carbocycles. The van der Waals surface area contributed by atoms with Gasteiger partial charge in [0.1, 0.15) is 0 Å². The van der Waals surface area contributed by atoms with Crippen molar-refractivity contribution in [2.24, 2.45) is 0 Å². The summed E-state index contributed by atoms with van der Waals surface area (Å²) in [6.45, 7) is 0. The minimum Gasteiger partial charge on any atom is -0.412 e. The molecule has 11 heavy (non-hydrogen) atoms. The molecule has 0 heterocycles. The standard InChI is InChI=1S/Al.3ClH.Cu.6H2O/h;3*1H;;6*1H2/q+3;;;;;;;;;;/p-3. The summed E-state index contributed by atoms with van der Waals surface area (Å²) < 4.78 is 0. The Labute approximate surface area is 91.1 Å². The maximum absolute atomic E-state index is 4.94. The average molecular weight is 305 g/mol. The van der Waals surface area contributed by atoms with Crippen molar-refractivity contribution < 1.29 is 49.9 Å². The van der Waals surface area contributed by atoms with E-state index < -0.39 is 11.4 Å². The first-order valence-corrected chi connectivity index (χ1v) is 5.89. The first kappa shape index (κ1) is 79.0. The molecule has 0 aromatic heterocycles. The van der Waals surface area contributed by atoms with Crippen LogP contribution in [-0.4, -0.2) is 44.2 Å². The predicted octanol–water partition coefficient (Wildman–Crippen LogP) is -3.26. The van der Waals surface area contributed by atoms with Crippen LogP contribution in [0.2, 0.25) is 0 Å². The Balaban J connectivity index is -0.00000000214. The van der Waals surface area contributed by atoms with Crippen LogP contribution < -0.4 is 0 Å². The van der Waals surface area contributed by atoms with Crippen molar-refractivity contribution >= 4 is 41.5 Å². The van der Waals surface area contributed by atoms with Crippen molar-refractivity contribution in [3.8, 4) is 0 Å². The Bertz CT molecular complexity index is 22.5. The third kappa shape index (κ3) is 387. The second-order valence-corrected chi connectivity index (χ2v) is 6.68. The molecule has 0 saturated heterocycles. The molecule has 0 saturated carbocycles. The zero-order chi connectivity index (χ0) is 3.58. The molecule has 0 unspecified atom stereocenters. The smallest absolute Gasteiger partial charge is 0.412 e. The Hall–Kier alpha value is 1.68. The summed E-state index contributed by atoms with van der Waals surface area (Å²) in [5.74, 6) is 0. The van der Waals surface area contributed by atoms with E-state index >= 15 is 0 Å². The first-order valence-electron chi connectivity index (χ1n) is 0.655. The van der Waals surface area contributed by atoms with Gasteiger partial charge in [-0.3, -0.25) is 0 Å². The first-order chi connectivity index (χ1) is 1.73. The Morgan fingerprint density at radius 2 is 0.545 bits per heavy atom. The molecule has 6 nitrogen and oxygen atoms in total. The molecule has 11 heteroatoms. The maximum atomic E-state index is 4.94. The van der Waals surface area contributed by atoms with E-state index in [0.717, 1.165) is 0 Å². The van der Waals surface area contributed by atoms with Crippen molar-refractivity contribution in [1.82, 2.24) is 0 Å². The monoisotopic (exact) mass is 303 g/mol. The van der Waals surface area contributed by atoms with Crippen LogP contribution in [0.5, 0.6) is 0 Å². The molecule has 0 amide bonds. The molecular formula is H12AlCl3CuO6. The molecule has 0 fully saturated rings. The third-order valence-electron chi connectivity index (χ3n) is 0. The van der Waals surface area contributed by atoms with Crippen LogP contribution in [-0.2, 0) is 17.1 Å². The van der Waals surface area contributed by atoms with E-state index in [-0.39, 0.29) is 49.9 Å². The Morgan fingerprint density at radius 1 is 0.545 bits per heavy atom. The van der Waals surface area contributed by atoms with Gasteiger partial charge in [-0.1, -0.05) is 0 Å². The molecule has 0 aliphatic heterocycles. The summed E-state index contributed by atoms with van der Waals surface area (Å²) in [5.41, 5.74) is 0. The van der Waals surface area contributed by atoms with E-state index in [4.69, 9.17) is 30.1 Å². The molecular weight excluding hydrogens is 293 g/mol. The van der Waals surface area contributed by atoms with E-state index in [9.17, 15) is 0 Å². The number of hydrogen-bond acceptors (Lipinski definition) is 0. The van der Waals surface area contributed by atoms with Gasteiger partial charge in [0.25, 0.3) is 0 Å². The molecule has 0 spiro atoms. The average Bonchev–Trinajstić information content (AvgIpc) is 0.811. The summed E-state index contributed by atoms with van der Waals surface area (Å²) in [5, 5.41) is 0. The number of halogens is 3. The molecule has 0 aliphatic rings. The SMILES string of the molecule is O.O.O.O.O.O.[Cl][Al]([Cl])[Cl].[Cu]. The molecule has 1 radical (unpaired) electrons. The van der Waals surface area contributed by atoms with Crippen LogP contribution >= 0.6 is 30.1 Å².